The van der Waals surface area contributed by atoms with Gasteiger partial charge in [-0.05, 0) is 29.9 Å². The van der Waals surface area contributed by atoms with E-state index in [2.05, 4.69) is 48.2 Å². The van der Waals surface area contributed by atoms with E-state index >= 15 is 0 Å². The molecule has 1 aliphatic rings. The number of carbonyl (C=O) groups excluding carboxylic acids is 1. The van der Waals surface area contributed by atoms with Gasteiger partial charge in [-0.25, -0.2) is 0 Å². The van der Waals surface area contributed by atoms with Gasteiger partial charge in [0, 0.05) is 13.0 Å². The number of carbonyl (C=O) groups is 1. The van der Waals surface area contributed by atoms with E-state index in [-0.39, 0.29) is 17.9 Å². The van der Waals surface area contributed by atoms with Crippen molar-refractivity contribution < 1.29 is 4.79 Å². The number of likely N-dealkylation sites (tertiary alicyclic amines) is 1. The maximum Gasteiger partial charge on any atom is 0.223 e. The number of hydrogen-bond donors (Lipinski definition) is 0. The van der Waals surface area contributed by atoms with E-state index in [9.17, 15) is 4.79 Å². The Labute approximate surface area is 132 Å². The van der Waals surface area contributed by atoms with Crippen LogP contribution in [0.1, 0.15) is 49.3 Å². The molecule has 0 aromatic heterocycles. The highest BCUT2D eigenvalue weighted by Gasteiger charge is 2.30. The molecule has 0 spiro atoms. The van der Waals surface area contributed by atoms with E-state index in [4.69, 9.17) is 0 Å². The smallest absolute Gasteiger partial charge is 0.223 e. The van der Waals surface area contributed by atoms with Crippen molar-refractivity contribution in [1.29, 1.82) is 0 Å². The lowest BCUT2D eigenvalue weighted by molar-refractivity contribution is -0.132. The van der Waals surface area contributed by atoms with Crippen LogP contribution in [-0.2, 0) is 4.79 Å². The lowest BCUT2D eigenvalue weighted by Gasteiger charge is -2.26. The first-order valence-electron chi connectivity index (χ1n) is 8.15. The molecule has 0 radical (unpaired) electrons. The molecule has 0 aliphatic carbocycles. The van der Waals surface area contributed by atoms with Crippen LogP contribution in [0.25, 0.3) is 0 Å². The van der Waals surface area contributed by atoms with Crippen LogP contribution < -0.4 is 0 Å². The van der Waals surface area contributed by atoms with Crippen LogP contribution >= 0.6 is 0 Å². The normalized spacial score (nSPS) is 19.1. The van der Waals surface area contributed by atoms with Crippen molar-refractivity contribution >= 4 is 5.91 Å². The molecule has 1 saturated heterocycles. The molecule has 1 fully saturated rings. The first-order valence-corrected chi connectivity index (χ1v) is 8.15. The Balaban J connectivity index is 1.69. The predicted molar refractivity (Wildman–Crippen MR) is 89.6 cm³/mol. The van der Waals surface area contributed by atoms with Crippen LogP contribution in [0.5, 0.6) is 0 Å². The highest BCUT2D eigenvalue weighted by atomic mass is 16.2. The third-order valence-electron chi connectivity index (χ3n) is 4.61. The van der Waals surface area contributed by atoms with Gasteiger partial charge >= 0.3 is 0 Å². The monoisotopic (exact) mass is 293 g/mol. The summed E-state index contributed by atoms with van der Waals surface area (Å²) in [6.45, 7) is 3.03. The highest BCUT2D eigenvalue weighted by molar-refractivity contribution is 5.78. The molecule has 0 bridgehead atoms. The average Bonchev–Trinajstić information content (AvgIpc) is 3.06. The Morgan fingerprint density at radius 2 is 1.73 bits per heavy atom. The molecule has 2 unspecified atom stereocenters. The quantitative estimate of drug-likeness (QED) is 0.810. The maximum atomic E-state index is 12.7. The summed E-state index contributed by atoms with van der Waals surface area (Å²) in [4.78, 5) is 14.8. The molecule has 0 N–H and O–H groups in total. The van der Waals surface area contributed by atoms with Gasteiger partial charge < -0.3 is 4.90 Å². The average molecular weight is 293 g/mol. The molecule has 1 amide bonds. The zero-order chi connectivity index (χ0) is 15.4. The van der Waals surface area contributed by atoms with Crippen LogP contribution in [-0.4, -0.2) is 17.4 Å². The van der Waals surface area contributed by atoms with Gasteiger partial charge in [-0.15, -0.1) is 0 Å². The number of benzene rings is 2. The lowest BCUT2D eigenvalue weighted by atomic mass is 9.96. The van der Waals surface area contributed by atoms with Gasteiger partial charge in [0.1, 0.15) is 0 Å². The zero-order valence-corrected chi connectivity index (χ0v) is 13.1. The minimum absolute atomic E-state index is 0.261. The minimum atomic E-state index is 0.261. The summed E-state index contributed by atoms with van der Waals surface area (Å²) in [6, 6.07) is 21.0. The Morgan fingerprint density at radius 3 is 2.41 bits per heavy atom. The van der Waals surface area contributed by atoms with Crippen molar-refractivity contribution in [3.8, 4) is 0 Å². The molecule has 114 valence electrons. The fourth-order valence-corrected chi connectivity index (χ4v) is 3.37. The summed E-state index contributed by atoms with van der Waals surface area (Å²) in [5, 5.41) is 0. The summed E-state index contributed by atoms with van der Waals surface area (Å²) in [6.07, 6.45) is 2.77. The second-order valence-electron chi connectivity index (χ2n) is 6.17. The molecular weight excluding hydrogens is 270 g/mol. The second-order valence-corrected chi connectivity index (χ2v) is 6.17. The molecule has 2 heteroatoms. The van der Waals surface area contributed by atoms with E-state index in [0.29, 0.717) is 6.42 Å². The predicted octanol–water partition coefficient (Wildman–Crippen LogP) is 4.54. The largest absolute Gasteiger partial charge is 0.336 e. The van der Waals surface area contributed by atoms with E-state index in [1.807, 2.05) is 24.3 Å². The minimum Gasteiger partial charge on any atom is -0.336 e. The van der Waals surface area contributed by atoms with Crippen LogP contribution in [0.2, 0.25) is 0 Å². The Hall–Kier alpha value is -2.09. The van der Waals surface area contributed by atoms with Gasteiger partial charge in [0.2, 0.25) is 5.91 Å². The van der Waals surface area contributed by atoms with E-state index in [1.54, 1.807) is 0 Å². The molecule has 1 aliphatic heterocycles. The third-order valence-corrected chi connectivity index (χ3v) is 4.61. The van der Waals surface area contributed by atoms with Crippen LogP contribution in [0.3, 0.4) is 0 Å². The van der Waals surface area contributed by atoms with Gasteiger partial charge in [-0.2, -0.15) is 0 Å². The summed E-state index contributed by atoms with van der Waals surface area (Å²) in [7, 11) is 0. The first kappa shape index (κ1) is 14.8. The number of amides is 1. The summed E-state index contributed by atoms with van der Waals surface area (Å²) < 4.78 is 0. The second kappa shape index (κ2) is 6.78. The topological polar surface area (TPSA) is 20.3 Å². The molecule has 3 rings (SSSR count). The Bertz CT molecular complexity index is 608. The molecule has 2 atom stereocenters. The Kier molecular flexibility index (Phi) is 4.57. The van der Waals surface area contributed by atoms with Crippen molar-refractivity contribution in [2.45, 2.75) is 38.1 Å². The molecule has 2 nitrogen and oxygen atoms in total. The van der Waals surface area contributed by atoms with Gasteiger partial charge in [0.25, 0.3) is 0 Å². The third kappa shape index (κ3) is 3.22. The number of hydrogen-bond acceptors (Lipinski definition) is 1. The van der Waals surface area contributed by atoms with Gasteiger partial charge in [-0.1, -0.05) is 67.6 Å². The molecule has 0 saturated carbocycles. The van der Waals surface area contributed by atoms with Gasteiger partial charge in [0.15, 0.2) is 0 Å². The van der Waals surface area contributed by atoms with Crippen molar-refractivity contribution in [2.75, 3.05) is 6.54 Å². The molecule has 2 aromatic carbocycles. The zero-order valence-electron chi connectivity index (χ0n) is 13.1. The Morgan fingerprint density at radius 1 is 1.09 bits per heavy atom. The van der Waals surface area contributed by atoms with E-state index in [1.165, 1.54) is 11.1 Å². The summed E-state index contributed by atoms with van der Waals surface area (Å²) in [5.41, 5.74) is 2.51. The standard InChI is InChI=1S/C20H23NO/c1-16(17-9-4-2-5-10-17)15-20(22)21-14-8-13-19(21)18-11-6-3-7-12-18/h2-7,9-12,16,19H,8,13-15H2,1H3. The molecule has 22 heavy (non-hydrogen) atoms. The summed E-state index contributed by atoms with van der Waals surface area (Å²) in [5.74, 6) is 0.549. The molecule has 2 aromatic rings. The van der Waals surface area contributed by atoms with Crippen molar-refractivity contribution in [1.82, 2.24) is 4.90 Å². The number of rotatable bonds is 4. The van der Waals surface area contributed by atoms with Crippen LogP contribution in [0.15, 0.2) is 60.7 Å². The first-order chi connectivity index (χ1) is 10.8. The molecular formula is C20H23NO. The highest BCUT2D eigenvalue weighted by Crippen LogP contribution is 2.33. The van der Waals surface area contributed by atoms with E-state index < -0.39 is 0 Å². The SMILES string of the molecule is CC(CC(=O)N1CCCC1c1ccccc1)c1ccccc1. The van der Waals surface area contributed by atoms with E-state index in [0.717, 1.165) is 19.4 Å². The van der Waals surface area contributed by atoms with Gasteiger partial charge in [0.05, 0.1) is 6.04 Å². The van der Waals surface area contributed by atoms with Crippen molar-refractivity contribution in [3.05, 3.63) is 71.8 Å². The maximum absolute atomic E-state index is 12.7. The van der Waals surface area contributed by atoms with Gasteiger partial charge in [-0.3, -0.25) is 4.79 Å². The lowest BCUT2D eigenvalue weighted by Crippen LogP contribution is -2.31. The fraction of sp³-hybridized carbons (Fsp3) is 0.350. The fourth-order valence-electron chi connectivity index (χ4n) is 3.37. The molecule has 1 heterocycles. The van der Waals surface area contributed by atoms with Crippen LogP contribution in [0, 0.1) is 0 Å². The van der Waals surface area contributed by atoms with Crippen molar-refractivity contribution in [2.24, 2.45) is 0 Å². The van der Waals surface area contributed by atoms with Crippen molar-refractivity contribution in [3.63, 3.8) is 0 Å². The number of nitrogens with zero attached hydrogens (tertiary/aromatic N) is 1. The van der Waals surface area contributed by atoms with Crippen LogP contribution in [0.4, 0.5) is 0 Å². The summed E-state index contributed by atoms with van der Waals surface area (Å²) >= 11 is 0.